The van der Waals surface area contributed by atoms with Crippen molar-refractivity contribution < 1.29 is 23.1 Å². The van der Waals surface area contributed by atoms with E-state index >= 15 is 0 Å². The number of likely N-dealkylation sites (tertiary alicyclic amines) is 2. The van der Waals surface area contributed by atoms with Crippen LogP contribution in [0.3, 0.4) is 0 Å². The second kappa shape index (κ2) is 10.1. The maximum atomic E-state index is 13.7. The number of carbonyl (C=O) groups excluding carboxylic acids is 2. The molecule has 2 fully saturated rings. The number of nitrogens with zero attached hydrogens (tertiary/aromatic N) is 2. The predicted octanol–water partition coefficient (Wildman–Crippen LogP) is 4.45. The van der Waals surface area contributed by atoms with Gasteiger partial charge in [0.25, 0.3) is 5.91 Å². The molecule has 0 aliphatic carbocycles. The number of halogens is 2. The Hall–Kier alpha value is -2.96. The van der Waals surface area contributed by atoms with Gasteiger partial charge in [0.1, 0.15) is 17.4 Å². The zero-order chi connectivity index (χ0) is 24.3. The number of carbonyl (C=O) groups is 2. The summed E-state index contributed by atoms with van der Waals surface area (Å²) < 4.78 is 32.5. The molecule has 2 heterocycles. The molecule has 0 bridgehead atoms. The van der Waals surface area contributed by atoms with Gasteiger partial charge in [-0.1, -0.05) is 32.0 Å². The highest BCUT2D eigenvalue weighted by Gasteiger charge is 2.52. The third-order valence-corrected chi connectivity index (χ3v) is 6.94. The zero-order valence-electron chi connectivity index (χ0n) is 19.8. The highest BCUT2D eigenvalue weighted by molar-refractivity contribution is 5.86. The number of amides is 2. The van der Waals surface area contributed by atoms with E-state index in [1.807, 2.05) is 11.0 Å². The fourth-order valence-electron chi connectivity index (χ4n) is 5.26. The quantitative estimate of drug-likeness (QED) is 0.601. The van der Waals surface area contributed by atoms with Crippen molar-refractivity contribution >= 4 is 11.8 Å². The van der Waals surface area contributed by atoms with Gasteiger partial charge < -0.3 is 14.5 Å². The molecule has 1 spiro atoms. The molecule has 0 saturated carbocycles. The summed E-state index contributed by atoms with van der Waals surface area (Å²) >= 11 is 0. The minimum absolute atomic E-state index is 0.0234. The van der Waals surface area contributed by atoms with Gasteiger partial charge in [-0.2, -0.15) is 0 Å². The fraction of sp³-hybridized carbons (Fsp3) is 0.481. The molecule has 4 rings (SSSR count). The fourth-order valence-corrected chi connectivity index (χ4v) is 5.26. The third kappa shape index (κ3) is 5.40. The Morgan fingerprint density at radius 3 is 2.41 bits per heavy atom. The van der Waals surface area contributed by atoms with E-state index in [1.165, 1.54) is 24.3 Å². The monoisotopic (exact) mass is 470 g/mol. The first-order valence-corrected chi connectivity index (χ1v) is 12.0. The molecule has 34 heavy (non-hydrogen) atoms. The molecule has 7 heteroatoms. The summed E-state index contributed by atoms with van der Waals surface area (Å²) in [6.07, 6.45) is 2.55. The third-order valence-electron chi connectivity index (χ3n) is 6.94. The highest BCUT2D eigenvalue weighted by atomic mass is 19.1. The van der Waals surface area contributed by atoms with E-state index in [0.717, 1.165) is 12.0 Å². The maximum absolute atomic E-state index is 13.7. The molecule has 2 aliphatic rings. The lowest BCUT2D eigenvalue weighted by atomic mass is 9.75. The molecule has 0 radical (unpaired) electrons. The van der Waals surface area contributed by atoms with Gasteiger partial charge in [-0.25, -0.2) is 8.78 Å². The van der Waals surface area contributed by atoms with Crippen LogP contribution in [0.25, 0.3) is 0 Å². The van der Waals surface area contributed by atoms with E-state index in [4.69, 9.17) is 4.74 Å². The van der Waals surface area contributed by atoms with Crippen molar-refractivity contribution in [3.8, 4) is 5.75 Å². The first-order valence-electron chi connectivity index (χ1n) is 12.0. The van der Waals surface area contributed by atoms with Crippen LogP contribution in [0.2, 0.25) is 0 Å². The molecule has 0 N–H and O–H groups in total. The predicted molar refractivity (Wildman–Crippen MR) is 125 cm³/mol. The van der Waals surface area contributed by atoms with Gasteiger partial charge in [-0.3, -0.25) is 9.59 Å². The number of hydrogen-bond donors (Lipinski definition) is 0. The van der Waals surface area contributed by atoms with Gasteiger partial charge in [0.2, 0.25) is 5.91 Å². The van der Waals surface area contributed by atoms with Crippen LogP contribution in [0.1, 0.15) is 38.7 Å². The first kappa shape index (κ1) is 24.2. The van der Waals surface area contributed by atoms with Crippen LogP contribution in [0.5, 0.6) is 5.75 Å². The molecule has 0 aromatic heterocycles. The minimum atomic E-state index is -0.479. The Bertz CT molecular complexity index is 1030. The van der Waals surface area contributed by atoms with E-state index < -0.39 is 11.2 Å². The first-order chi connectivity index (χ1) is 16.3. The molecular weight excluding hydrogens is 438 g/mol. The second-order valence-corrected chi connectivity index (χ2v) is 9.95. The van der Waals surface area contributed by atoms with Crippen LogP contribution >= 0.6 is 0 Å². The standard InChI is InChI=1S/C27H32F2N2O3/c1-19(2)17-31-23(14-20-5-3-6-21(28)13-20)16-27(26(31)33)9-11-30(12-10-27)25(32)18-34-24-8-4-7-22(29)15-24/h3-8,13,15,19,23H,9-12,14,16-18H2,1-2H3. The van der Waals surface area contributed by atoms with Gasteiger partial charge in [0, 0.05) is 31.7 Å². The molecule has 2 amide bonds. The van der Waals surface area contributed by atoms with Crippen LogP contribution in [0, 0.1) is 23.0 Å². The molecule has 5 nitrogen and oxygen atoms in total. The summed E-state index contributed by atoms with van der Waals surface area (Å²) in [5.41, 5.74) is 0.415. The summed E-state index contributed by atoms with van der Waals surface area (Å²) in [6.45, 7) is 5.67. The van der Waals surface area contributed by atoms with Crippen LogP contribution in [-0.4, -0.2) is 53.9 Å². The lowest BCUT2D eigenvalue weighted by molar-refractivity contribution is -0.144. The van der Waals surface area contributed by atoms with Gasteiger partial charge >= 0.3 is 0 Å². The molecule has 182 valence electrons. The average Bonchev–Trinajstić information content (AvgIpc) is 3.03. The van der Waals surface area contributed by atoms with E-state index in [0.29, 0.717) is 50.6 Å². The number of rotatable bonds is 7. The summed E-state index contributed by atoms with van der Waals surface area (Å²) in [5, 5.41) is 0. The summed E-state index contributed by atoms with van der Waals surface area (Å²) in [6, 6.07) is 12.3. The second-order valence-electron chi connectivity index (χ2n) is 9.95. The molecule has 2 aromatic carbocycles. The normalized spacial score (nSPS) is 19.8. The Morgan fingerprint density at radius 2 is 1.76 bits per heavy atom. The van der Waals surface area contributed by atoms with Crippen molar-refractivity contribution in [2.45, 2.75) is 45.6 Å². The summed E-state index contributed by atoms with van der Waals surface area (Å²) in [4.78, 5) is 30.0. The topological polar surface area (TPSA) is 49.9 Å². The Kier molecular flexibility index (Phi) is 7.19. The average molecular weight is 471 g/mol. The van der Waals surface area contributed by atoms with Crippen molar-refractivity contribution in [1.29, 1.82) is 0 Å². The van der Waals surface area contributed by atoms with Crippen LogP contribution in [0.4, 0.5) is 8.78 Å². The lowest BCUT2D eigenvalue weighted by Gasteiger charge is -2.38. The number of ether oxygens (including phenoxy) is 1. The number of hydrogen-bond acceptors (Lipinski definition) is 3. The lowest BCUT2D eigenvalue weighted by Crippen LogP contribution is -2.48. The molecule has 2 saturated heterocycles. The van der Waals surface area contributed by atoms with E-state index in [9.17, 15) is 18.4 Å². The molecule has 1 unspecified atom stereocenters. The Labute approximate surface area is 199 Å². The zero-order valence-corrected chi connectivity index (χ0v) is 19.8. The van der Waals surface area contributed by atoms with Crippen molar-refractivity contribution in [2.75, 3.05) is 26.2 Å². The molecule has 2 aromatic rings. The van der Waals surface area contributed by atoms with E-state index in [1.54, 1.807) is 23.1 Å². The van der Waals surface area contributed by atoms with Crippen molar-refractivity contribution in [2.24, 2.45) is 11.3 Å². The summed E-state index contributed by atoms with van der Waals surface area (Å²) in [5.74, 6) is -0.0405. The van der Waals surface area contributed by atoms with Gasteiger partial charge in [-0.05, 0) is 61.4 Å². The van der Waals surface area contributed by atoms with Gasteiger partial charge in [0.15, 0.2) is 6.61 Å². The summed E-state index contributed by atoms with van der Waals surface area (Å²) in [7, 11) is 0. The highest BCUT2D eigenvalue weighted by Crippen LogP contribution is 2.45. The van der Waals surface area contributed by atoms with Crippen LogP contribution in [0.15, 0.2) is 48.5 Å². The number of benzene rings is 2. The van der Waals surface area contributed by atoms with Crippen molar-refractivity contribution in [3.63, 3.8) is 0 Å². The van der Waals surface area contributed by atoms with Crippen molar-refractivity contribution in [3.05, 3.63) is 65.7 Å². The largest absolute Gasteiger partial charge is 0.484 e. The SMILES string of the molecule is CC(C)CN1C(=O)C2(CCN(C(=O)COc3cccc(F)c3)CC2)CC1Cc1cccc(F)c1. The van der Waals surface area contributed by atoms with Gasteiger partial charge in [0.05, 0.1) is 5.41 Å². The van der Waals surface area contributed by atoms with E-state index in [2.05, 4.69) is 13.8 Å². The molecule has 1 atom stereocenters. The smallest absolute Gasteiger partial charge is 0.260 e. The van der Waals surface area contributed by atoms with E-state index in [-0.39, 0.29) is 30.3 Å². The Balaban J connectivity index is 1.39. The van der Waals surface area contributed by atoms with Crippen LogP contribution in [-0.2, 0) is 16.0 Å². The minimum Gasteiger partial charge on any atom is -0.484 e. The molecular formula is C27H32F2N2O3. The number of piperidine rings is 1. The maximum Gasteiger partial charge on any atom is 0.260 e. The molecule has 2 aliphatic heterocycles. The Morgan fingerprint density at radius 1 is 1.09 bits per heavy atom. The van der Waals surface area contributed by atoms with Crippen molar-refractivity contribution in [1.82, 2.24) is 9.80 Å². The van der Waals surface area contributed by atoms with Gasteiger partial charge in [-0.15, -0.1) is 0 Å². The van der Waals surface area contributed by atoms with Crippen LogP contribution < -0.4 is 4.74 Å².